The van der Waals surface area contributed by atoms with Gasteiger partial charge in [-0.1, -0.05) is 44.2 Å². The van der Waals surface area contributed by atoms with Crippen LogP contribution < -0.4 is 10.6 Å². The Kier molecular flexibility index (Phi) is 6.85. The molecule has 1 aromatic carbocycles. The Morgan fingerprint density at radius 2 is 1.92 bits per heavy atom. The van der Waals surface area contributed by atoms with Crippen LogP contribution >= 0.6 is 0 Å². The molecule has 5 rings (SSSR count). The highest BCUT2D eigenvalue weighted by Crippen LogP contribution is 2.40. The van der Waals surface area contributed by atoms with E-state index < -0.39 is 23.6 Å². The van der Waals surface area contributed by atoms with Crippen molar-refractivity contribution < 1.29 is 14.7 Å². The van der Waals surface area contributed by atoms with E-state index in [4.69, 9.17) is 0 Å². The van der Waals surface area contributed by atoms with Gasteiger partial charge in [0.1, 0.15) is 17.9 Å². The van der Waals surface area contributed by atoms with Crippen LogP contribution in [0.25, 0.3) is 10.9 Å². The molecule has 2 aliphatic rings. The predicted octanol–water partition coefficient (Wildman–Crippen LogP) is 2.48. The predicted molar refractivity (Wildman–Crippen MR) is 140 cm³/mol. The van der Waals surface area contributed by atoms with Crippen LogP contribution in [0.1, 0.15) is 57.7 Å². The summed E-state index contributed by atoms with van der Waals surface area (Å²) in [5, 5.41) is 26.1. The lowest BCUT2D eigenvalue weighted by Gasteiger charge is -2.34. The van der Waals surface area contributed by atoms with Crippen molar-refractivity contribution in [1.82, 2.24) is 30.2 Å². The number of nitrogens with one attached hydrogen (secondary N) is 2. The van der Waals surface area contributed by atoms with E-state index in [0.717, 1.165) is 35.3 Å². The summed E-state index contributed by atoms with van der Waals surface area (Å²) in [6, 6.07) is 10.4. The number of nitrogens with zero attached hydrogens (tertiary/aromatic N) is 5. The summed E-state index contributed by atoms with van der Waals surface area (Å²) in [7, 11) is 0. The van der Waals surface area contributed by atoms with Gasteiger partial charge in [-0.25, -0.2) is 9.67 Å². The number of β-amino-alcohol motifs (C(OH)–C–C–N with tert-alkyl or cyclic N) is 1. The van der Waals surface area contributed by atoms with E-state index in [1.165, 1.54) is 4.90 Å². The number of likely N-dealkylation sites (tertiary alicyclic amines) is 1. The molecule has 2 aromatic heterocycles. The summed E-state index contributed by atoms with van der Waals surface area (Å²) in [6.07, 6.45) is 3.51. The summed E-state index contributed by atoms with van der Waals surface area (Å²) >= 11 is 0. The van der Waals surface area contributed by atoms with Crippen molar-refractivity contribution in [3.05, 3.63) is 48.3 Å². The number of amides is 2. The molecule has 3 atom stereocenters. The molecule has 3 heterocycles. The molecule has 0 spiro atoms. The molecule has 1 saturated carbocycles. The number of hydrogen-bond acceptors (Lipinski definition) is 7. The molecule has 2 unspecified atom stereocenters. The van der Waals surface area contributed by atoms with Crippen LogP contribution in [0.3, 0.4) is 0 Å². The van der Waals surface area contributed by atoms with E-state index in [9.17, 15) is 14.7 Å². The average Bonchev–Trinajstić information content (AvgIpc) is 3.47. The average molecular weight is 506 g/mol. The van der Waals surface area contributed by atoms with Crippen molar-refractivity contribution in [2.45, 2.75) is 64.1 Å². The highest BCUT2D eigenvalue weighted by Gasteiger charge is 2.45. The normalized spacial score (nSPS) is 20.7. The SMILES string of the molecule is CC(C)(C)[C@@H](C(=O)N1CC(O)CC1C(=O)NCCNc1ccc2ccccc2n1)n1cc(C2CC2)nn1. The number of rotatable bonds is 8. The summed E-state index contributed by atoms with van der Waals surface area (Å²) in [5.74, 6) is 0.653. The summed E-state index contributed by atoms with van der Waals surface area (Å²) in [4.78, 5) is 33.0. The number of anilines is 1. The van der Waals surface area contributed by atoms with Gasteiger partial charge in [-0.15, -0.1) is 5.10 Å². The van der Waals surface area contributed by atoms with Gasteiger partial charge in [-0.05, 0) is 36.5 Å². The zero-order valence-corrected chi connectivity index (χ0v) is 21.6. The van der Waals surface area contributed by atoms with Gasteiger partial charge < -0.3 is 20.6 Å². The van der Waals surface area contributed by atoms with Crippen LogP contribution in [0.2, 0.25) is 0 Å². The van der Waals surface area contributed by atoms with Crippen molar-refractivity contribution in [3.63, 3.8) is 0 Å². The van der Waals surface area contributed by atoms with Gasteiger partial charge in [0.05, 0.1) is 17.3 Å². The van der Waals surface area contributed by atoms with E-state index in [2.05, 4.69) is 25.9 Å². The Morgan fingerprint density at radius 1 is 1.14 bits per heavy atom. The number of benzene rings is 1. The second-order valence-electron chi connectivity index (χ2n) is 11.2. The van der Waals surface area contributed by atoms with Crippen molar-refractivity contribution in [2.24, 2.45) is 5.41 Å². The fourth-order valence-electron chi connectivity index (χ4n) is 4.98. The minimum absolute atomic E-state index is 0.118. The first kappa shape index (κ1) is 25.1. The van der Waals surface area contributed by atoms with Gasteiger partial charge in [0.25, 0.3) is 0 Å². The van der Waals surface area contributed by atoms with Gasteiger partial charge in [0.2, 0.25) is 11.8 Å². The Morgan fingerprint density at radius 3 is 2.68 bits per heavy atom. The maximum atomic E-state index is 13.8. The van der Waals surface area contributed by atoms with Crippen LogP contribution in [0, 0.1) is 5.41 Å². The van der Waals surface area contributed by atoms with E-state index in [1.807, 2.05) is 63.4 Å². The van der Waals surface area contributed by atoms with Crippen molar-refractivity contribution >= 4 is 28.5 Å². The van der Waals surface area contributed by atoms with Crippen molar-refractivity contribution in [3.8, 4) is 0 Å². The fourth-order valence-corrected chi connectivity index (χ4v) is 4.98. The standard InChI is InChI=1S/C27H35N7O3/c1-27(2,3)24(34-16-21(31-32-34)18-8-9-18)26(37)33-15-19(35)14-22(33)25(36)29-13-12-28-23-11-10-17-6-4-5-7-20(17)30-23/h4-7,10-11,16,18-19,22,24,35H,8-9,12-15H2,1-3H3,(H,28,30)(H,29,36)/t19?,22?,24-/m1/s1. The Balaban J connectivity index is 1.21. The molecule has 1 aliphatic heterocycles. The van der Waals surface area contributed by atoms with Crippen LogP contribution in [0.5, 0.6) is 0 Å². The van der Waals surface area contributed by atoms with Crippen molar-refractivity contribution in [1.29, 1.82) is 0 Å². The molecule has 1 saturated heterocycles. The lowest BCUT2D eigenvalue weighted by molar-refractivity contribution is -0.144. The first-order valence-corrected chi connectivity index (χ1v) is 13.0. The number of carbonyl (C=O) groups excluding carboxylic acids is 2. The quantitative estimate of drug-likeness (QED) is 0.402. The largest absolute Gasteiger partial charge is 0.391 e. The summed E-state index contributed by atoms with van der Waals surface area (Å²) in [6.45, 7) is 6.88. The van der Waals surface area contributed by atoms with E-state index in [1.54, 1.807) is 4.68 Å². The smallest absolute Gasteiger partial charge is 0.248 e. The molecular formula is C27H35N7O3. The van der Waals surface area contributed by atoms with E-state index in [0.29, 0.717) is 19.0 Å². The highest BCUT2D eigenvalue weighted by atomic mass is 16.3. The molecule has 2 fully saturated rings. The molecular weight excluding hydrogens is 470 g/mol. The maximum Gasteiger partial charge on any atom is 0.248 e. The van der Waals surface area contributed by atoms with Gasteiger partial charge in [0, 0.05) is 43.6 Å². The second-order valence-corrected chi connectivity index (χ2v) is 11.2. The van der Waals surface area contributed by atoms with Gasteiger partial charge in [-0.3, -0.25) is 9.59 Å². The number of pyridine rings is 1. The topological polar surface area (TPSA) is 125 Å². The maximum absolute atomic E-state index is 13.8. The van der Waals surface area contributed by atoms with Gasteiger partial charge >= 0.3 is 0 Å². The van der Waals surface area contributed by atoms with Crippen molar-refractivity contribution in [2.75, 3.05) is 25.0 Å². The van der Waals surface area contributed by atoms with E-state index >= 15 is 0 Å². The first-order valence-electron chi connectivity index (χ1n) is 13.0. The molecule has 0 bridgehead atoms. The Labute approximate surface area is 216 Å². The number of hydrogen-bond donors (Lipinski definition) is 3. The Hall–Kier alpha value is -3.53. The molecule has 3 N–H and O–H groups in total. The third kappa shape index (κ3) is 5.58. The van der Waals surface area contributed by atoms with Crippen LogP contribution in [0.4, 0.5) is 5.82 Å². The number of fused-ring (bicyclic) bond motifs is 1. The number of aromatic nitrogens is 4. The lowest BCUT2D eigenvalue weighted by Crippen LogP contribution is -2.50. The molecule has 10 nitrogen and oxygen atoms in total. The summed E-state index contributed by atoms with van der Waals surface area (Å²) in [5.41, 5.74) is 1.35. The molecule has 2 amide bonds. The number of para-hydroxylation sites is 1. The van der Waals surface area contributed by atoms with Crippen LogP contribution in [-0.2, 0) is 9.59 Å². The zero-order valence-electron chi connectivity index (χ0n) is 21.6. The van der Waals surface area contributed by atoms with Crippen LogP contribution in [0.15, 0.2) is 42.6 Å². The highest BCUT2D eigenvalue weighted by molar-refractivity contribution is 5.90. The first-order chi connectivity index (χ1) is 17.7. The van der Waals surface area contributed by atoms with E-state index in [-0.39, 0.29) is 24.8 Å². The molecule has 37 heavy (non-hydrogen) atoms. The molecule has 1 aliphatic carbocycles. The van der Waals surface area contributed by atoms with Gasteiger partial charge in [-0.2, -0.15) is 0 Å². The molecule has 3 aromatic rings. The van der Waals surface area contributed by atoms with Crippen LogP contribution in [-0.4, -0.2) is 73.6 Å². The number of aliphatic hydroxyl groups excluding tert-OH is 1. The monoisotopic (exact) mass is 505 g/mol. The number of aliphatic hydroxyl groups is 1. The van der Waals surface area contributed by atoms with Gasteiger partial charge in [0.15, 0.2) is 0 Å². The molecule has 196 valence electrons. The fraction of sp³-hybridized carbons (Fsp3) is 0.519. The Bertz CT molecular complexity index is 1280. The minimum Gasteiger partial charge on any atom is -0.391 e. The third-order valence-electron chi connectivity index (χ3n) is 7.04. The minimum atomic E-state index is -0.752. The summed E-state index contributed by atoms with van der Waals surface area (Å²) < 4.78 is 1.64. The second kappa shape index (κ2) is 10.1. The zero-order chi connectivity index (χ0) is 26.2. The lowest BCUT2D eigenvalue weighted by atomic mass is 9.85. The number of carbonyl (C=O) groups is 2. The molecule has 10 heteroatoms. The molecule has 0 radical (unpaired) electrons. The third-order valence-corrected chi connectivity index (χ3v) is 7.04.